The second-order valence-electron chi connectivity index (χ2n) is 3.00. The third-order valence-corrected chi connectivity index (χ3v) is 1.89. The first-order chi connectivity index (χ1) is 7.02. The van der Waals surface area contributed by atoms with Crippen LogP contribution in [-0.2, 0) is 4.79 Å². The zero-order valence-electron chi connectivity index (χ0n) is 7.79. The summed E-state index contributed by atoms with van der Waals surface area (Å²) in [4.78, 5) is 20.5. The van der Waals surface area contributed by atoms with E-state index in [1.165, 1.54) is 18.2 Å². The number of hydrogen-bond acceptors (Lipinski definition) is 4. The molecule has 0 bridgehead atoms. The highest BCUT2D eigenvalue weighted by molar-refractivity contribution is 5.74. The number of para-hydroxylation sites is 1. The number of carbonyl (C=O) groups excluding carboxylic acids is 1. The third kappa shape index (κ3) is 2.75. The maximum atomic E-state index is 10.6. The van der Waals surface area contributed by atoms with Gasteiger partial charge in [0.25, 0.3) is 5.69 Å². The standard InChI is InChI=1S/C9H10N2O4/c10-9(13)5-8(12)6-3-1-2-4-7(6)11(14)15/h1-4,8,12H,5H2,(H2,10,13)/t8-/m1/s1. The van der Waals surface area contributed by atoms with E-state index in [0.717, 1.165) is 0 Å². The highest BCUT2D eigenvalue weighted by atomic mass is 16.6. The number of nitro groups is 1. The van der Waals surface area contributed by atoms with Crippen molar-refractivity contribution in [3.8, 4) is 0 Å². The Bertz CT molecular complexity index is 391. The molecule has 1 aromatic carbocycles. The Morgan fingerprint density at radius 2 is 2.13 bits per heavy atom. The molecule has 0 fully saturated rings. The summed E-state index contributed by atoms with van der Waals surface area (Å²) in [7, 11) is 0. The molecule has 3 N–H and O–H groups in total. The Morgan fingerprint density at radius 1 is 1.53 bits per heavy atom. The number of nitrogens with two attached hydrogens (primary N) is 1. The van der Waals surface area contributed by atoms with Gasteiger partial charge < -0.3 is 10.8 Å². The summed E-state index contributed by atoms with van der Waals surface area (Å²) in [6.45, 7) is 0. The molecule has 1 atom stereocenters. The average Bonchev–Trinajstić information content (AvgIpc) is 2.16. The van der Waals surface area contributed by atoms with E-state index >= 15 is 0 Å². The van der Waals surface area contributed by atoms with Crippen LogP contribution in [0.5, 0.6) is 0 Å². The van der Waals surface area contributed by atoms with Crippen molar-refractivity contribution in [1.82, 2.24) is 0 Å². The zero-order valence-corrected chi connectivity index (χ0v) is 7.79. The van der Waals surface area contributed by atoms with E-state index < -0.39 is 16.9 Å². The van der Waals surface area contributed by atoms with Crippen LogP contribution in [0.15, 0.2) is 24.3 Å². The van der Waals surface area contributed by atoms with E-state index in [1.807, 2.05) is 0 Å². The van der Waals surface area contributed by atoms with Crippen LogP contribution in [-0.4, -0.2) is 15.9 Å². The summed E-state index contributed by atoms with van der Waals surface area (Å²) in [5.41, 5.74) is 4.77. The monoisotopic (exact) mass is 210 g/mol. The Kier molecular flexibility index (Phi) is 3.35. The van der Waals surface area contributed by atoms with Crippen molar-refractivity contribution in [3.63, 3.8) is 0 Å². The molecule has 0 spiro atoms. The highest BCUT2D eigenvalue weighted by Gasteiger charge is 2.20. The van der Waals surface area contributed by atoms with Gasteiger partial charge in [0.1, 0.15) is 0 Å². The summed E-state index contributed by atoms with van der Waals surface area (Å²) in [5.74, 6) is -0.708. The number of benzene rings is 1. The van der Waals surface area contributed by atoms with Crippen LogP contribution in [0, 0.1) is 10.1 Å². The molecule has 0 radical (unpaired) electrons. The second kappa shape index (κ2) is 4.52. The van der Waals surface area contributed by atoms with E-state index in [1.54, 1.807) is 6.07 Å². The van der Waals surface area contributed by atoms with Crippen LogP contribution < -0.4 is 5.73 Å². The molecule has 0 aliphatic rings. The van der Waals surface area contributed by atoms with Gasteiger partial charge in [0.05, 0.1) is 23.0 Å². The number of primary amides is 1. The topological polar surface area (TPSA) is 106 Å². The Balaban J connectivity index is 3.02. The fraction of sp³-hybridized carbons (Fsp3) is 0.222. The molecule has 15 heavy (non-hydrogen) atoms. The maximum Gasteiger partial charge on any atom is 0.275 e. The predicted molar refractivity (Wildman–Crippen MR) is 51.9 cm³/mol. The SMILES string of the molecule is NC(=O)C[C@@H](O)c1ccccc1[N+](=O)[O-]. The Labute approximate surface area is 85.5 Å². The van der Waals surface area contributed by atoms with Gasteiger partial charge >= 0.3 is 0 Å². The van der Waals surface area contributed by atoms with Crippen molar-refractivity contribution >= 4 is 11.6 Å². The molecule has 6 heteroatoms. The molecule has 0 aromatic heterocycles. The van der Waals surface area contributed by atoms with Crippen molar-refractivity contribution in [2.45, 2.75) is 12.5 Å². The smallest absolute Gasteiger partial charge is 0.275 e. The van der Waals surface area contributed by atoms with E-state index in [9.17, 15) is 20.0 Å². The van der Waals surface area contributed by atoms with Crippen LogP contribution >= 0.6 is 0 Å². The van der Waals surface area contributed by atoms with Crippen LogP contribution in [0.1, 0.15) is 18.1 Å². The van der Waals surface area contributed by atoms with Crippen LogP contribution in [0.3, 0.4) is 0 Å². The average molecular weight is 210 g/mol. The molecular formula is C9H10N2O4. The first kappa shape index (κ1) is 11.1. The van der Waals surface area contributed by atoms with Gasteiger partial charge in [-0.1, -0.05) is 12.1 Å². The quantitative estimate of drug-likeness (QED) is 0.557. The summed E-state index contributed by atoms with van der Waals surface area (Å²) >= 11 is 0. The lowest BCUT2D eigenvalue weighted by Crippen LogP contribution is -2.15. The first-order valence-corrected chi connectivity index (χ1v) is 4.22. The van der Waals surface area contributed by atoms with Crippen molar-refractivity contribution in [2.75, 3.05) is 0 Å². The lowest BCUT2D eigenvalue weighted by molar-refractivity contribution is -0.386. The number of nitro benzene ring substituents is 1. The molecule has 0 saturated carbocycles. The normalized spacial score (nSPS) is 12.1. The van der Waals surface area contributed by atoms with Crippen LogP contribution in [0.25, 0.3) is 0 Å². The van der Waals surface area contributed by atoms with Gasteiger partial charge in [-0.25, -0.2) is 0 Å². The molecule has 0 aliphatic heterocycles. The van der Waals surface area contributed by atoms with Crippen LogP contribution in [0.2, 0.25) is 0 Å². The first-order valence-electron chi connectivity index (χ1n) is 4.22. The minimum atomic E-state index is -1.23. The summed E-state index contributed by atoms with van der Waals surface area (Å²) < 4.78 is 0. The van der Waals surface area contributed by atoms with Gasteiger partial charge in [0, 0.05) is 6.07 Å². The van der Waals surface area contributed by atoms with Crippen molar-refractivity contribution < 1.29 is 14.8 Å². The van der Waals surface area contributed by atoms with Crippen LogP contribution in [0.4, 0.5) is 5.69 Å². The number of hydrogen-bond donors (Lipinski definition) is 2. The van der Waals surface area contributed by atoms with Crippen molar-refractivity contribution in [3.05, 3.63) is 39.9 Å². The number of carbonyl (C=O) groups is 1. The molecule has 0 saturated heterocycles. The molecule has 0 aliphatic carbocycles. The molecule has 6 nitrogen and oxygen atoms in total. The Morgan fingerprint density at radius 3 is 2.67 bits per heavy atom. The van der Waals surface area contributed by atoms with Gasteiger partial charge in [-0.05, 0) is 6.07 Å². The fourth-order valence-corrected chi connectivity index (χ4v) is 1.24. The fourth-order valence-electron chi connectivity index (χ4n) is 1.24. The molecule has 80 valence electrons. The van der Waals surface area contributed by atoms with Crippen molar-refractivity contribution in [2.24, 2.45) is 5.73 Å². The molecule has 0 unspecified atom stereocenters. The lowest BCUT2D eigenvalue weighted by Gasteiger charge is -2.08. The van der Waals surface area contributed by atoms with E-state index in [0.29, 0.717) is 0 Å². The number of amides is 1. The molecule has 1 aromatic rings. The van der Waals surface area contributed by atoms with Crippen molar-refractivity contribution in [1.29, 1.82) is 0 Å². The minimum Gasteiger partial charge on any atom is -0.388 e. The van der Waals surface area contributed by atoms with Gasteiger partial charge in [-0.2, -0.15) is 0 Å². The largest absolute Gasteiger partial charge is 0.388 e. The molecular weight excluding hydrogens is 200 g/mol. The number of rotatable bonds is 4. The van der Waals surface area contributed by atoms with E-state index in [4.69, 9.17) is 5.73 Å². The van der Waals surface area contributed by atoms with Gasteiger partial charge in [-0.3, -0.25) is 14.9 Å². The van der Waals surface area contributed by atoms with Gasteiger partial charge in [-0.15, -0.1) is 0 Å². The van der Waals surface area contributed by atoms with Gasteiger partial charge in [0.2, 0.25) is 5.91 Å². The maximum absolute atomic E-state index is 10.6. The van der Waals surface area contributed by atoms with E-state index in [-0.39, 0.29) is 17.7 Å². The molecule has 1 rings (SSSR count). The lowest BCUT2D eigenvalue weighted by atomic mass is 10.0. The number of aliphatic hydroxyl groups excluding tert-OH is 1. The highest BCUT2D eigenvalue weighted by Crippen LogP contribution is 2.26. The summed E-state index contributed by atoms with van der Waals surface area (Å²) in [6, 6.07) is 5.69. The predicted octanol–water partition coefficient (Wildman–Crippen LogP) is 0.504. The minimum absolute atomic E-state index is 0.0984. The van der Waals surface area contributed by atoms with E-state index in [2.05, 4.69) is 0 Å². The van der Waals surface area contributed by atoms with Gasteiger partial charge in [0.15, 0.2) is 0 Å². The summed E-state index contributed by atoms with van der Waals surface area (Å²) in [5, 5.41) is 20.1. The second-order valence-corrected chi connectivity index (χ2v) is 3.00. The number of nitrogens with zero attached hydrogens (tertiary/aromatic N) is 1. The summed E-state index contributed by atoms with van der Waals surface area (Å²) in [6.07, 6.45) is -1.56. The molecule has 1 amide bonds. The molecule has 0 heterocycles. The Hall–Kier alpha value is -1.95. The zero-order chi connectivity index (χ0) is 11.4. The number of aliphatic hydroxyl groups is 1. The third-order valence-electron chi connectivity index (χ3n) is 1.89.